The van der Waals surface area contributed by atoms with Crippen LogP contribution in [-0.4, -0.2) is 57.1 Å². The van der Waals surface area contributed by atoms with Gasteiger partial charge < -0.3 is 14.4 Å². The highest BCUT2D eigenvalue weighted by atomic mass is 16.5. The molecule has 2 N–H and O–H groups in total. The zero-order valence-electron chi connectivity index (χ0n) is 12.7. The van der Waals surface area contributed by atoms with Crippen molar-refractivity contribution in [3.05, 3.63) is 30.0 Å². The number of nitrogens with zero attached hydrogens (tertiary/aromatic N) is 4. The molecule has 22 heavy (non-hydrogen) atoms. The number of piperazine rings is 1. The maximum atomic E-state index is 12.4. The largest absolute Gasteiger partial charge is 0.360 e. The van der Waals surface area contributed by atoms with Gasteiger partial charge in [-0.3, -0.25) is 10.2 Å². The van der Waals surface area contributed by atoms with Crippen LogP contribution < -0.4 is 5.32 Å². The second kappa shape index (κ2) is 6.18. The Kier molecular flexibility index (Phi) is 4.10. The minimum atomic E-state index is -0.166. The van der Waals surface area contributed by atoms with Gasteiger partial charge >= 0.3 is 6.03 Å². The molecule has 0 aliphatic carbocycles. The molecule has 1 fully saturated rings. The first-order valence-corrected chi connectivity index (χ1v) is 7.40. The number of amides is 2. The number of carbonyl (C=O) groups is 1. The van der Waals surface area contributed by atoms with Gasteiger partial charge in [0.25, 0.3) is 0 Å². The molecule has 2 aromatic heterocycles. The lowest BCUT2D eigenvalue weighted by Crippen LogP contribution is -2.51. The Bertz CT molecular complexity index is 623. The van der Waals surface area contributed by atoms with Gasteiger partial charge in [0.15, 0.2) is 5.82 Å². The second-order valence-electron chi connectivity index (χ2n) is 5.32. The van der Waals surface area contributed by atoms with Crippen LogP contribution in [-0.2, 0) is 0 Å². The fourth-order valence-electron chi connectivity index (χ4n) is 2.72. The number of nitrogens with one attached hydrogen (secondary N) is 2. The zero-order chi connectivity index (χ0) is 15.5. The van der Waals surface area contributed by atoms with Gasteiger partial charge in [-0.1, -0.05) is 12.1 Å². The minimum absolute atomic E-state index is 0.0820. The molecule has 3 rings (SSSR count). The van der Waals surface area contributed by atoms with Gasteiger partial charge in [0.05, 0.1) is 6.04 Å². The molecule has 1 aliphatic heterocycles. The van der Waals surface area contributed by atoms with E-state index in [1.807, 2.05) is 0 Å². The molecular weight excluding hydrogens is 284 g/mol. The summed E-state index contributed by atoms with van der Waals surface area (Å²) < 4.78 is 4.96. The number of rotatable bonds is 3. The van der Waals surface area contributed by atoms with Gasteiger partial charge in [-0.2, -0.15) is 0 Å². The standard InChI is InChI=1S/C14H20N6O2/c1-3-19-6-7-20(9-11(19)13-15-4-5-16-13)14(21)17-12-8-10(2)22-18-12/h4-5,8,11H,3,6-7,9H2,1-2H3,(H,15,16)(H,17,18,21). The molecule has 8 nitrogen and oxygen atoms in total. The average Bonchev–Trinajstić information content (AvgIpc) is 3.18. The number of carbonyl (C=O) groups excluding carboxylic acids is 1. The second-order valence-corrected chi connectivity index (χ2v) is 5.32. The highest BCUT2D eigenvalue weighted by Crippen LogP contribution is 2.23. The molecule has 0 radical (unpaired) electrons. The van der Waals surface area contributed by atoms with Crippen LogP contribution in [0.1, 0.15) is 24.6 Å². The predicted octanol–water partition coefficient (Wildman–Crippen LogP) is 1.62. The van der Waals surface area contributed by atoms with E-state index in [-0.39, 0.29) is 12.1 Å². The van der Waals surface area contributed by atoms with Gasteiger partial charge in [-0.05, 0) is 13.5 Å². The lowest BCUT2D eigenvalue weighted by molar-refractivity contribution is 0.0946. The Morgan fingerprint density at radius 1 is 1.55 bits per heavy atom. The van der Waals surface area contributed by atoms with Crippen LogP contribution in [0.5, 0.6) is 0 Å². The fourth-order valence-corrected chi connectivity index (χ4v) is 2.72. The summed E-state index contributed by atoms with van der Waals surface area (Å²) in [5, 5.41) is 6.55. The van der Waals surface area contributed by atoms with Gasteiger partial charge in [-0.25, -0.2) is 9.78 Å². The lowest BCUT2D eigenvalue weighted by atomic mass is 10.1. The third-order valence-electron chi connectivity index (χ3n) is 3.88. The third kappa shape index (κ3) is 2.96. The Labute approximate surface area is 128 Å². The van der Waals surface area contributed by atoms with E-state index in [1.54, 1.807) is 30.3 Å². The number of aromatic nitrogens is 3. The summed E-state index contributed by atoms with van der Waals surface area (Å²) >= 11 is 0. The highest BCUT2D eigenvalue weighted by Gasteiger charge is 2.31. The maximum Gasteiger partial charge on any atom is 0.323 e. The summed E-state index contributed by atoms with van der Waals surface area (Å²) in [6, 6.07) is 1.61. The van der Waals surface area contributed by atoms with E-state index >= 15 is 0 Å². The van der Waals surface area contributed by atoms with Crippen LogP contribution in [0.3, 0.4) is 0 Å². The first-order chi connectivity index (χ1) is 10.7. The highest BCUT2D eigenvalue weighted by molar-refractivity contribution is 5.88. The SMILES string of the molecule is CCN1CCN(C(=O)Nc2cc(C)on2)CC1c1ncc[nH]1. The fraction of sp³-hybridized carbons (Fsp3) is 0.500. The molecule has 2 amide bonds. The van der Waals surface area contributed by atoms with E-state index in [2.05, 4.69) is 32.3 Å². The van der Waals surface area contributed by atoms with E-state index in [0.717, 1.165) is 18.9 Å². The lowest BCUT2D eigenvalue weighted by Gasteiger charge is -2.39. The molecule has 0 spiro atoms. The van der Waals surface area contributed by atoms with Crippen LogP contribution in [0.25, 0.3) is 0 Å². The van der Waals surface area contributed by atoms with Crippen molar-refractivity contribution in [2.24, 2.45) is 0 Å². The Hall–Kier alpha value is -2.35. The number of hydrogen-bond acceptors (Lipinski definition) is 5. The van der Waals surface area contributed by atoms with Crippen molar-refractivity contribution in [3.63, 3.8) is 0 Å². The maximum absolute atomic E-state index is 12.4. The Morgan fingerprint density at radius 2 is 2.41 bits per heavy atom. The average molecular weight is 304 g/mol. The molecule has 0 saturated carbocycles. The molecule has 1 atom stereocenters. The molecule has 2 aromatic rings. The number of urea groups is 1. The summed E-state index contributed by atoms with van der Waals surface area (Å²) in [5.41, 5.74) is 0. The minimum Gasteiger partial charge on any atom is -0.360 e. The van der Waals surface area contributed by atoms with Crippen molar-refractivity contribution >= 4 is 11.8 Å². The van der Waals surface area contributed by atoms with Crippen LogP contribution in [0, 0.1) is 6.92 Å². The van der Waals surface area contributed by atoms with Gasteiger partial charge in [0.1, 0.15) is 11.6 Å². The summed E-state index contributed by atoms with van der Waals surface area (Å²) in [7, 11) is 0. The molecule has 1 saturated heterocycles. The number of H-pyrrole nitrogens is 1. The molecule has 1 unspecified atom stereocenters. The van der Waals surface area contributed by atoms with Crippen LogP contribution >= 0.6 is 0 Å². The molecule has 0 bridgehead atoms. The number of aromatic amines is 1. The van der Waals surface area contributed by atoms with E-state index in [4.69, 9.17) is 4.52 Å². The van der Waals surface area contributed by atoms with Crippen LogP contribution in [0.4, 0.5) is 10.6 Å². The van der Waals surface area contributed by atoms with E-state index < -0.39 is 0 Å². The Balaban J connectivity index is 1.68. The number of likely N-dealkylation sites (N-methyl/N-ethyl adjacent to an activating group) is 1. The molecular formula is C14H20N6O2. The van der Waals surface area contributed by atoms with Gasteiger partial charge in [0, 0.05) is 38.1 Å². The number of imidazole rings is 1. The first-order valence-electron chi connectivity index (χ1n) is 7.40. The first kappa shape index (κ1) is 14.6. The van der Waals surface area contributed by atoms with E-state index in [0.29, 0.717) is 24.7 Å². The van der Waals surface area contributed by atoms with Crippen molar-refractivity contribution in [1.29, 1.82) is 0 Å². The van der Waals surface area contributed by atoms with Crippen LogP contribution in [0.2, 0.25) is 0 Å². The molecule has 118 valence electrons. The number of hydrogen-bond donors (Lipinski definition) is 2. The Morgan fingerprint density at radius 3 is 3.05 bits per heavy atom. The molecule has 0 aromatic carbocycles. The van der Waals surface area contributed by atoms with Crippen molar-refractivity contribution in [3.8, 4) is 0 Å². The molecule has 3 heterocycles. The van der Waals surface area contributed by atoms with Gasteiger partial charge in [-0.15, -0.1) is 0 Å². The topological polar surface area (TPSA) is 90.3 Å². The number of anilines is 1. The van der Waals surface area contributed by atoms with Crippen molar-refractivity contribution in [2.75, 3.05) is 31.5 Å². The number of aryl methyl sites for hydroxylation is 1. The van der Waals surface area contributed by atoms with Crippen molar-refractivity contribution < 1.29 is 9.32 Å². The van der Waals surface area contributed by atoms with Crippen LogP contribution in [0.15, 0.2) is 23.0 Å². The van der Waals surface area contributed by atoms with E-state index in [1.165, 1.54) is 0 Å². The monoisotopic (exact) mass is 304 g/mol. The summed E-state index contributed by atoms with van der Waals surface area (Å²) in [4.78, 5) is 23.9. The third-order valence-corrected chi connectivity index (χ3v) is 3.88. The molecule has 1 aliphatic rings. The smallest absolute Gasteiger partial charge is 0.323 e. The predicted molar refractivity (Wildman–Crippen MR) is 80.4 cm³/mol. The quantitative estimate of drug-likeness (QED) is 0.899. The van der Waals surface area contributed by atoms with Crippen molar-refractivity contribution in [1.82, 2.24) is 24.9 Å². The summed E-state index contributed by atoms with van der Waals surface area (Å²) in [5.74, 6) is 1.99. The van der Waals surface area contributed by atoms with Crippen molar-refractivity contribution in [2.45, 2.75) is 19.9 Å². The normalized spacial score (nSPS) is 19.4. The van der Waals surface area contributed by atoms with Gasteiger partial charge in [0.2, 0.25) is 0 Å². The summed E-state index contributed by atoms with van der Waals surface area (Å²) in [6.07, 6.45) is 3.54. The van der Waals surface area contributed by atoms with E-state index in [9.17, 15) is 4.79 Å². The molecule has 8 heteroatoms. The zero-order valence-corrected chi connectivity index (χ0v) is 12.7. The summed E-state index contributed by atoms with van der Waals surface area (Å²) in [6.45, 7) is 6.90.